The fraction of sp³-hybridized carbons (Fsp3) is 0.480. The highest BCUT2D eigenvalue weighted by Gasteiger charge is 2.39. The molecule has 0 bridgehead atoms. The molecule has 7 nitrogen and oxygen atoms in total. The van der Waals surface area contributed by atoms with Gasteiger partial charge in [-0.15, -0.1) is 0 Å². The lowest BCUT2D eigenvalue weighted by Gasteiger charge is -2.23. The van der Waals surface area contributed by atoms with Crippen molar-refractivity contribution >= 4 is 17.4 Å². The van der Waals surface area contributed by atoms with Crippen LogP contribution >= 0.6 is 0 Å². The molecule has 10 heteroatoms. The molecule has 1 unspecified atom stereocenters. The van der Waals surface area contributed by atoms with Crippen LogP contribution in [0.5, 0.6) is 5.75 Å². The lowest BCUT2D eigenvalue weighted by atomic mass is 9.94. The molecule has 1 aromatic carbocycles. The number of phenols is 1. The summed E-state index contributed by atoms with van der Waals surface area (Å²) in [5.41, 5.74) is 5.11. The number of nitrogen functional groups attached to an aromatic ring is 1. The molecule has 2 aromatic rings. The highest BCUT2D eigenvalue weighted by molar-refractivity contribution is 6.09. The highest BCUT2D eigenvalue weighted by atomic mass is 19.4. The third-order valence-electron chi connectivity index (χ3n) is 6.39. The van der Waals surface area contributed by atoms with Gasteiger partial charge in [-0.1, -0.05) is 0 Å². The Labute approximate surface area is 201 Å². The topological polar surface area (TPSA) is 112 Å². The van der Waals surface area contributed by atoms with E-state index in [4.69, 9.17) is 5.73 Å². The number of alkyl halides is 3. The largest absolute Gasteiger partial charge is 0.507 e. The van der Waals surface area contributed by atoms with E-state index in [9.17, 15) is 28.2 Å². The molecule has 4 rings (SSSR count). The Balaban J connectivity index is 1.62. The number of aliphatic imine (C=N–C) groups is 1. The Morgan fingerprint density at radius 3 is 2.49 bits per heavy atom. The van der Waals surface area contributed by atoms with Crippen molar-refractivity contribution in [2.45, 2.75) is 57.9 Å². The number of phenolic OH excluding ortho intramolecular Hbond substituents is 1. The van der Waals surface area contributed by atoms with Gasteiger partial charge in [0.1, 0.15) is 17.2 Å². The molecule has 4 N–H and O–H groups in total. The molecule has 1 aliphatic heterocycles. The van der Waals surface area contributed by atoms with Gasteiger partial charge in [0.2, 0.25) is 5.91 Å². The second kappa shape index (κ2) is 8.82. The number of nitrogens with two attached hydrogens (primary N) is 1. The zero-order valence-corrected chi connectivity index (χ0v) is 19.9. The Kier molecular flexibility index (Phi) is 6.29. The van der Waals surface area contributed by atoms with Crippen molar-refractivity contribution in [3.05, 3.63) is 41.0 Å². The maximum absolute atomic E-state index is 13.1. The molecule has 2 heterocycles. The van der Waals surface area contributed by atoms with E-state index in [0.717, 1.165) is 18.9 Å². The smallest absolute Gasteiger partial charge is 0.416 e. The number of aryl methyl sites for hydroxylation is 1. The van der Waals surface area contributed by atoms with Crippen molar-refractivity contribution in [3.63, 3.8) is 0 Å². The Bertz CT molecular complexity index is 1160. The third-order valence-corrected chi connectivity index (χ3v) is 6.39. The summed E-state index contributed by atoms with van der Waals surface area (Å²) in [6, 6.07) is 5.06. The summed E-state index contributed by atoms with van der Waals surface area (Å²) in [5.74, 6) is -0.362. The zero-order valence-electron chi connectivity index (χ0n) is 19.9. The maximum Gasteiger partial charge on any atom is 0.416 e. The first-order valence-corrected chi connectivity index (χ1v) is 11.5. The van der Waals surface area contributed by atoms with E-state index in [-0.39, 0.29) is 34.5 Å². The van der Waals surface area contributed by atoms with Crippen LogP contribution in [-0.4, -0.2) is 56.4 Å². The van der Waals surface area contributed by atoms with Gasteiger partial charge in [0.15, 0.2) is 0 Å². The molecular weight excluding hydrogens is 461 g/mol. The number of hydrogen-bond donors (Lipinski definition) is 3. The first kappa shape index (κ1) is 25.0. The summed E-state index contributed by atoms with van der Waals surface area (Å²) in [7, 11) is 0. The number of anilines is 1. The number of carbonyl (C=O) groups excluding carboxylic acids is 1. The average Bonchev–Trinajstić information content (AvgIpc) is 3.50. The standard InChI is InChI=1S/C25H29F3N4O3/c1-13-8-15(25(26,27)28)10-19(33)21(13)18-7-6-17(23(29)31-18)22(24(2,3)35)30-11-14-9-20(34)32(12-14)16-4-5-16/h6-8,10,14,16,33,35H,4-5,9,11-12H2,1-3H3,(H2,29,31). The number of rotatable bonds is 6. The van der Waals surface area contributed by atoms with Crippen LogP contribution in [0.15, 0.2) is 29.3 Å². The van der Waals surface area contributed by atoms with E-state index in [1.807, 2.05) is 4.90 Å². The monoisotopic (exact) mass is 490 g/mol. The second-order valence-electron chi connectivity index (χ2n) is 9.91. The van der Waals surface area contributed by atoms with Gasteiger partial charge in [-0.05, 0) is 63.4 Å². The first-order valence-electron chi connectivity index (χ1n) is 11.5. The Morgan fingerprint density at radius 1 is 1.26 bits per heavy atom. The minimum Gasteiger partial charge on any atom is -0.507 e. The van der Waals surface area contributed by atoms with Crippen LogP contribution in [0.3, 0.4) is 0 Å². The van der Waals surface area contributed by atoms with Crippen LogP contribution in [0.1, 0.15) is 49.8 Å². The normalized spacial score (nSPS) is 19.5. The van der Waals surface area contributed by atoms with Crippen molar-refractivity contribution in [1.29, 1.82) is 0 Å². The minimum absolute atomic E-state index is 0.0178. The lowest BCUT2D eigenvalue weighted by molar-refractivity contribution is -0.137. The molecule has 1 atom stereocenters. The molecule has 1 amide bonds. The summed E-state index contributed by atoms with van der Waals surface area (Å²) in [5, 5.41) is 21.1. The number of aliphatic hydroxyl groups is 1. The van der Waals surface area contributed by atoms with Crippen LogP contribution in [0.4, 0.5) is 19.0 Å². The third kappa shape index (κ3) is 5.27. The number of carbonyl (C=O) groups is 1. The van der Waals surface area contributed by atoms with Gasteiger partial charge in [0.05, 0.1) is 17.0 Å². The van der Waals surface area contributed by atoms with Crippen molar-refractivity contribution in [1.82, 2.24) is 9.88 Å². The number of pyridine rings is 1. The van der Waals surface area contributed by atoms with Gasteiger partial charge in [0, 0.05) is 42.6 Å². The maximum atomic E-state index is 13.1. The number of likely N-dealkylation sites (tertiary alicyclic amines) is 1. The molecular formula is C25H29F3N4O3. The molecule has 1 aliphatic carbocycles. The second-order valence-corrected chi connectivity index (χ2v) is 9.91. The van der Waals surface area contributed by atoms with Gasteiger partial charge >= 0.3 is 6.18 Å². The molecule has 35 heavy (non-hydrogen) atoms. The fourth-order valence-corrected chi connectivity index (χ4v) is 4.58. The summed E-state index contributed by atoms with van der Waals surface area (Å²) in [6.45, 7) is 5.58. The number of aromatic hydroxyl groups is 1. The van der Waals surface area contributed by atoms with E-state index in [0.29, 0.717) is 42.9 Å². The van der Waals surface area contributed by atoms with Crippen molar-refractivity contribution < 1.29 is 28.2 Å². The number of halogens is 3. The van der Waals surface area contributed by atoms with Crippen molar-refractivity contribution in [2.75, 3.05) is 18.8 Å². The number of hydrogen-bond acceptors (Lipinski definition) is 6. The summed E-state index contributed by atoms with van der Waals surface area (Å²) in [4.78, 5) is 23.1. The molecule has 1 saturated carbocycles. The Hall–Kier alpha value is -3.14. The average molecular weight is 491 g/mol. The zero-order chi connectivity index (χ0) is 25.7. The van der Waals surface area contributed by atoms with Crippen molar-refractivity contribution in [2.24, 2.45) is 10.9 Å². The van der Waals surface area contributed by atoms with E-state index in [1.165, 1.54) is 13.0 Å². The van der Waals surface area contributed by atoms with E-state index in [1.54, 1.807) is 19.9 Å². The van der Waals surface area contributed by atoms with Gasteiger partial charge in [-0.3, -0.25) is 9.79 Å². The number of benzene rings is 1. The SMILES string of the molecule is Cc1cc(C(F)(F)F)cc(O)c1-c1ccc(C(=NCC2CC(=O)N(C3CC3)C2)C(C)(C)O)c(N)n1. The molecule has 188 valence electrons. The summed E-state index contributed by atoms with van der Waals surface area (Å²) in [6.07, 6.45) is -2.09. The van der Waals surface area contributed by atoms with Gasteiger partial charge in [0.25, 0.3) is 0 Å². The van der Waals surface area contributed by atoms with Gasteiger partial charge < -0.3 is 20.8 Å². The van der Waals surface area contributed by atoms with Gasteiger partial charge in [-0.25, -0.2) is 4.98 Å². The van der Waals surface area contributed by atoms with Crippen LogP contribution < -0.4 is 5.73 Å². The molecule has 2 fully saturated rings. The summed E-state index contributed by atoms with van der Waals surface area (Å²) < 4.78 is 39.2. The molecule has 0 spiro atoms. The highest BCUT2D eigenvalue weighted by Crippen LogP contribution is 2.39. The summed E-state index contributed by atoms with van der Waals surface area (Å²) >= 11 is 0. The molecule has 2 aliphatic rings. The minimum atomic E-state index is -4.59. The fourth-order valence-electron chi connectivity index (χ4n) is 4.58. The molecule has 0 radical (unpaired) electrons. The van der Waals surface area contributed by atoms with E-state index in [2.05, 4.69) is 9.98 Å². The van der Waals surface area contributed by atoms with Crippen molar-refractivity contribution in [3.8, 4) is 17.0 Å². The van der Waals surface area contributed by atoms with Crippen LogP contribution in [-0.2, 0) is 11.0 Å². The predicted molar refractivity (Wildman–Crippen MR) is 126 cm³/mol. The number of nitrogens with zero attached hydrogens (tertiary/aromatic N) is 3. The van der Waals surface area contributed by atoms with E-state index >= 15 is 0 Å². The van der Waals surface area contributed by atoms with Gasteiger partial charge in [-0.2, -0.15) is 13.2 Å². The number of aromatic nitrogens is 1. The quantitative estimate of drug-likeness (QED) is 0.531. The number of amides is 1. The first-order chi connectivity index (χ1) is 16.3. The van der Waals surface area contributed by atoms with Crippen LogP contribution in [0.25, 0.3) is 11.3 Å². The van der Waals surface area contributed by atoms with Crippen LogP contribution in [0.2, 0.25) is 0 Å². The van der Waals surface area contributed by atoms with Crippen LogP contribution in [0, 0.1) is 12.8 Å². The van der Waals surface area contributed by atoms with E-state index < -0.39 is 23.1 Å². The molecule has 1 aromatic heterocycles. The molecule has 1 saturated heterocycles. The lowest BCUT2D eigenvalue weighted by Crippen LogP contribution is -2.34. The Morgan fingerprint density at radius 2 is 1.94 bits per heavy atom. The predicted octanol–water partition coefficient (Wildman–Crippen LogP) is 3.93.